The predicted octanol–water partition coefficient (Wildman–Crippen LogP) is 3.12. The van der Waals surface area contributed by atoms with Gasteiger partial charge in [-0.3, -0.25) is 4.79 Å². The minimum Gasteiger partial charge on any atom is -0.550 e. The second kappa shape index (κ2) is 22.9. The first-order valence-corrected chi connectivity index (χ1v) is 10.6. The van der Waals surface area contributed by atoms with Crippen molar-refractivity contribution < 1.29 is 29.6 Å². The summed E-state index contributed by atoms with van der Waals surface area (Å²) in [5.41, 5.74) is 0. The topological polar surface area (TPSA) is 107 Å². The van der Waals surface area contributed by atoms with Crippen molar-refractivity contribution in [3.63, 3.8) is 0 Å². The summed E-state index contributed by atoms with van der Waals surface area (Å²) >= 11 is 0. The average molecular weight is 390 g/mol. The van der Waals surface area contributed by atoms with Crippen LogP contribution in [0.1, 0.15) is 104 Å². The van der Waals surface area contributed by atoms with E-state index in [9.17, 15) is 14.7 Å². The van der Waals surface area contributed by atoms with Crippen molar-refractivity contribution in [2.45, 2.75) is 110 Å². The Morgan fingerprint density at radius 2 is 1.26 bits per heavy atom. The maximum atomic E-state index is 11.1. The Hall–Kier alpha value is -1.14. The summed E-state index contributed by atoms with van der Waals surface area (Å²) in [7, 11) is 0. The van der Waals surface area contributed by atoms with Crippen molar-refractivity contribution in [2.75, 3.05) is 13.2 Å². The summed E-state index contributed by atoms with van der Waals surface area (Å²) in [4.78, 5) is 21.1. The third-order valence-corrected chi connectivity index (χ3v) is 4.12. The Balaban J connectivity index is 0. The first kappa shape index (κ1) is 28.1. The number of carboxylic acids is 1. The number of aliphatic hydroxyl groups is 2. The zero-order valence-corrected chi connectivity index (χ0v) is 17.4. The smallest absolute Gasteiger partial charge is 0.305 e. The third kappa shape index (κ3) is 27.2. The Bertz CT molecular complexity index is 333. The maximum absolute atomic E-state index is 11.1. The van der Waals surface area contributed by atoms with Crippen molar-refractivity contribution in [3.8, 4) is 0 Å². The Morgan fingerprint density at radius 1 is 0.815 bits per heavy atom. The number of hydrogen-bond donors (Lipinski definition) is 2. The van der Waals surface area contributed by atoms with E-state index >= 15 is 0 Å². The first-order chi connectivity index (χ1) is 13.0. The largest absolute Gasteiger partial charge is 0.550 e. The van der Waals surface area contributed by atoms with E-state index in [1.165, 1.54) is 44.9 Å². The first-order valence-electron chi connectivity index (χ1n) is 10.6. The van der Waals surface area contributed by atoms with E-state index in [1.807, 2.05) is 0 Å². The average Bonchev–Trinajstić information content (AvgIpc) is 2.65. The Morgan fingerprint density at radius 3 is 1.70 bits per heavy atom. The van der Waals surface area contributed by atoms with Gasteiger partial charge in [-0.2, -0.15) is 0 Å². The van der Waals surface area contributed by atoms with Gasteiger partial charge in [0.05, 0.1) is 6.61 Å². The molecule has 0 rings (SSSR count). The molecule has 0 aliphatic carbocycles. The van der Waals surface area contributed by atoms with Gasteiger partial charge in [-0.15, -0.1) is 0 Å². The number of esters is 1. The molecule has 0 radical (unpaired) electrons. The molecule has 0 aromatic carbocycles. The van der Waals surface area contributed by atoms with Gasteiger partial charge < -0.3 is 24.9 Å². The molecule has 0 fully saturated rings. The fourth-order valence-corrected chi connectivity index (χ4v) is 2.41. The van der Waals surface area contributed by atoms with Crippen LogP contribution in [0.15, 0.2) is 0 Å². The molecule has 27 heavy (non-hydrogen) atoms. The third-order valence-electron chi connectivity index (χ3n) is 4.12. The molecule has 0 saturated carbocycles. The summed E-state index contributed by atoms with van der Waals surface area (Å²) < 4.78 is 4.75. The highest BCUT2D eigenvalue weighted by Crippen LogP contribution is 2.08. The fraction of sp³-hybridized carbons (Fsp3) is 0.905. The molecule has 0 aliphatic heterocycles. The SMILES string of the molecule is CCCCCCCC(=O)OCC(O)CO.CCCCCCCCCC(=O)[O-]. The van der Waals surface area contributed by atoms with Crippen LogP contribution in [0.2, 0.25) is 0 Å². The maximum Gasteiger partial charge on any atom is 0.305 e. The Labute approximate surface area is 165 Å². The lowest BCUT2D eigenvalue weighted by Gasteiger charge is -2.08. The van der Waals surface area contributed by atoms with E-state index in [4.69, 9.17) is 14.9 Å². The quantitative estimate of drug-likeness (QED) is 0.292. The minimum absolute atomic E-state index is 0.107. The molecule has 1 unspecified atom stereocenters. The summed E-state index contributed by atoms with van der Waals surface area (Å²) in [6.45, 7) is 3.86. The minimum atomic E-state index is -0.950. The molecule has 162 valence electrons. The zero-order valence-electron chi connectivity index (χ0n) is 17.4. The van der Waals surface area contributed by atoms with Crippen LogP contribution in [0.3, 0.4) is 0 Å². The highest BCUT2D eigenvalue weighted by molar-refractivity contribution is 5.69. The molecule has 0 amide bonds. The number of rotatable bonds is 17. The number of carbonyl (C=O) groups is 2. The van der Waals surface area contributed by atoms with Gasteiger partial charge in [0.1, 0.15) is 12.7 Å². The van der Waals surface area contributed by atoms with Crippen LogP contribution in [0.25, 0.3) is 0 Å². The van der Waals surface area contributed by atoms with Crippen LogP contribution in [0.5, 0.6) is 0 Å². The molecule has 6 heteroatoms. The molecular formula is C21H41O6-. The number of ether oxygens (including phenoxy) is 1. The van der Waals surface area contributed by atoms with Gasteiger partial charge in [0, 0.05) is 12.4 Å². The highest BCUT2D eigenvalue weighted by Gasteiger charge is 2.07. The molecule has 0 saturated heterocycles. The van der Waals surface area contributed by atoms with Gasteiger partial charge in [-0.1, -0.05) is 78.1 Å². The van der Waals surface area contributed by atoms with E-state index in [1.54, 1.807) is 0 Å². The second-order valence-corrected chi connectivity index (χ2v) is 6.93. The molecule has 1 atom stereocenters. The molecule has 0 bridgehead atoms. The van der Waals surface area contributed by atoms with Crippen LogP contribution in [-0.4, -0.2) is 41.5 Å². The fourth-order valence-electron chi connectivity index (χ4n) is 2.41. The van der Waals surface area contributed by atoms with Gasteiger partial charge in [0.15, 0.2) is 0 Å². The molecule has 2 N–H and O–H groups in total. The van der Waals surface area contributed by atoms with Crippen molar-refractivity contribution in [3.05, 3.63) is 0 Å². The van der Waals surface area contributed by atoms with Gasteiger partial charge in [0.2, 0.25) is 0 Å². The number of unbranched alkanes of at least 4 members (excludes halogenated alkanes) is 10. The van der Waals surface area contributed by atoms with E-state index in [2.05, 4.69) is 13.8 Å². The van der Waals surface area contributed by atoms with Crippen molar-refractivity contribution >= 4 is 11.9 Å². The number of aliphatic carboxylic acids is 1. The van der Waals surface area contributed by atoms with Crippen LogP contribution in [-0.2, 0) is 14.3 Å². The molecule has 0 heterocycles. The summed E-state index contributed by atoms with van der Waals surface area (Å²) in [5, 5.41) is 27.4. The molecular weight excluding hydrogens is 348 g/mol. The normalized spacial score (nSPS) is 11.4. The van der Waals surface area contributed by atoms with Gasteiger partial charge in [-0.25, -0.2) is 0 Å². The number of aliphatic hydroxyl groups excluding tert-OH is 2. The molecule has 0 aromatic heterocycles. The van der Waals surface area contributed by atoms with Crippen molar-refractivity contribution in [1.82, 2.24) is 0 Å². The van der Waals surface area contributed by atoms with Crippen molar-refractivity contribution in [1.29, 1.82) is 0 Å². The van der Waals surface area contributed by atoms with Crippen LogP contribution < -0.4 is 5.11 Å². The molecule has 0 aliphatic rings. The zero-order chi connectivity index (χ0) is 20.8. The Kier molecular flexibility index (Phi) is 23.8. The molecule has 6 nitrogen and oxygen atoms in total. The number of carboxylic acid groups (broad SMARTS) is 1. The van der Waals surface area contributed by atoms with Gasteiger partial charge in [0.25, 0.3) is 0 Å². The predicted molar refractivity (Wildman–Crippen MR) is 105 cm³/mol. The van der Waals surface area contributed by atoms with Crippen molar-refractivity contribution in [2.24, 2.45) is 0 Å². The van der Waals surface area contributed by atoms with Crippen LogP contribution in [0.4, 0.5) is 0 Å². The highest BCUT2D eigenvalue weighted by atomic mass is 16.5. The van der Waals surface area contributed by atoms with Crippen LogP contribution in [0, 0.1) is 0 Å². The number of hydrogen-bond acceptors (Lipinski definition) is 6. The van der Waals surface area contributed by atoms with E-state index in [0.29, 0.717) is 6.42 Å². The molecule has 0 aromatic rings. The number of carbonyl (C=O) groups excluding carboxylic acids is 2. The lowest BCUT2D eigenvalue weighted by atomic mass is 10.1. The lowest BCUT2D eigenvalue weighted by molar-refractivity contribution is -0.305. The summed E-state index contributed by atoms with van der Waals surface area (Å²) in [5.74, 6) is -1.21. The van der Waals surface area contributed by atoms with E-state index in [-0.39, 0.29) is 25.6 Å². The van der Waals surface area contributed by atoms with Gasteiger partial charge >= 0.3 is 5.97 Å². The summed E-state index contributed by atoms with van der Waals surface area (Å²) in [6, 6.07) is 0. The summed E-state index contributed by atoms with van der Waals surface area (Å²) in [6.07, 6.45) is 13.2. The van der Waals surface area contributed by atoms with E-state index in [0.717, 1.165) is 32.1 Å². The second-order valence-electron chi connectivity index (χ2n) is 6.93. The van der Waals surface area contributed by atoms with E-state index < -0.39 is 12.1 Å². The lowest BCUT2D eigenvalue weighted by Crippen LogP contribution is -2.21. The monoisotopic (exact) mass is 389 g/mol. The molecule has 0 spiro atoms. The van der Waals surface area contributed by atoms with Crippen LogP contribution >= 0.6 is 0 Å². The standard InChI is InChI=1S/C11H22O4.C10H20O2/c1-2-3-4-5-6-7-11(14)15-9-10(13)8-12;1-2-3-4-5-6-7-8-9-10(11)12/h10,12-13H,2-9H2,1H3;2-9H2,1H3,(H,11,12)/p-1. The van der Waals surface area contributed by atoms with Gasteiger partial charge in [-0.05, 0) is 19.3 Å².